The fraction of sp³-hybridized carbons (Fsp3) is 0.278. The second kappa shape index (κ2) is 9.03. The Bertz CT molecular complexity index is 692. The summed E-state index contributed by atoms with van der Waals surface area (Å²) in [5.41, 5.74) is 1.74. The minimum Gasteiger partial charge on any atom is -0.495 e. The van der Waals surface area contributed by atoms with Gasteiger partial charge in [-0.3, -0.25) is 0 Å². The first kappa shape index (κ1) is 17.9. The van der Waals surface area contributed by atoms with Gasteiger partial charge in [-0.15, -0.1) is 0 Å². The summed E-state index contributed by atoms with van der Waals surface area (Å²) in [6.07, 6.45) is 0.905. The fourth-order valence-corrected chi connectivity index (χ4v) is 2.44. The molecule has 0 heterocycles. The molecule has 0 bridgehead atoms. The van der Waals surface area contributed by atoms with Gasteiger partial charge in [-0.05, 0) is 36.2 Å². The van der Waals surface area contributed by atoms with E-state index in [0.717, 1.165) is 17.7 Å². The largest absolute Gasteiger partial charge is 0.495 e. The van der Waals surface area contributed by atoms with Crippen LogP contribution in [0.5, 0.6) is 11.5 Å². The number of hydrogen-bond acceptors (Lipinski definition) is 3. The molecule has 2 rings (SSSR count). The zero-order valence-electron chi connectivity index (χ0n) is 13.8. The number of urea groups is 1. The highest BCUT2D eigenvalue weighted by Gasteiger charge is 2.06. The van der Waals surface area contributed by atoms with Crippen molar-refractivity contribution in [2.45, 2.75) is 13.3 Å². The SMILES string of the molecule is CCc1ccccc1OCCNC(=O)Nc1ccc(OC)c(Cl)c1. The number of ether oxygens (including phenoxy) is 2. The van der Waals surface area contributed by atoms with Gasteiger partial charge in [-0.2, -0.15) is 0 Å². The first-order valence-corrected chi connectivity index (χ1v) is 8.11. The number of rotatable bonds is 7. The van der Waals surface area contributed by atoms with E-state index in [9.17, 15) is 4.79 Å². The second-order valence-electron chi connectivity index (χ2n) is 5.04. The van der Waals surface area contributed by atoms with E-state index in [-0.39, 0.29) is 6.03 Å². The second-order valence-corrected chi connectivity index (χ2v) is 5.45. The summed E-state index contributed by atoms with van der Waals surface area (Å²) >= 11 is 6.02. The highest BCUT2D eigenvalue weighted by Crippen LogP contribution is 2.27. The average Bonchev–Trinajstić information content (AvgIpc) is 2.59. The van der Waals surface area contributed by atoms with Gasteiger partial charge in [0.1, 0.15) is 18.1 Å². The third-order valence-corrected chi connectivity index (χ3v) is 3.70. The number of aryl methyl sites for hydroxylation is 1. The summed E-state index contributed by atoms with van der Waals surface area (Å²) in [5.74, 6) is 1.41. The van der Waals surface area contributed by atoms with Crippen molar-refractivity contribution in [2.75, 3.05) is 25.6 Å². The van der Waals surface area contributed by atoms with Crippen LogP contribution in [-0.2, 0) is 6.42 Å². The lowest BCUT2D eigenvalue weighted by Gasteiger charge is -2.12. The predicted molar refractivity (Wildman–Crippen MR) is 96.3 cm³/mol. The third kappa shape index (κ3) is 5.06. The number of carbonyl (C=O) groups excluding carboxylic acids is 1. The molecule has 6 heteroatoms. The van der Waals surface area contributed by atoms with Gasteiger partial charge in [0.2, 0.25) is 0 Å². The van der Waals surface area contributed by atoms with Gasteiger partial charge in [0.25, 0.3) is 0 Å². The van der Waals surface area contributed by atoms with E-state index in [2.05, 4.69) is 17.6 Å². The monoisotopic (exact) mass is 348 g/mol. The van der Waals surface area contributed by atoms with Crippen LogP contribution < -0.4 is 20.1 Å². The molecule has 2 aromatic rings. The van der Waals surface area contributed by atoms with Crippen LogP contribution in [0.3, 0.4) is 0 Å². The summed E-state index contributed by atoms with van der Waals surface area (Å²) in [6, 6.07) is 12.6. The van der Waals surface area contributed by atoms with Crippen LogP contribution in [0.1, 0.15) is 12.5 Å². The summed E-state index contributed by atoms with van der Waals surface area (Å²) in [5, 5.41) is 5.89. The molecule has 0 aliphatic rings. The molecule has 0 saturated carbocycles. The minimum atomic E-state index is -0.316. The lowest BCUT2D eigenvalue weighted by molar-refractivity contribution is 0.247. The molecule has 2 N–H and O–H groups in total. The molecule has 0 saturated heterocycles. The number of nitrogens with one attached hydrogen (secondary N) is 2. The molecule has 0 unspecified atom stereocenters. The van der Waals surface area contributed by atoms with Gasteiger partial charge in [0, 0.05) is 5.69 Å². The topological polar surface area (TPSA) is 59.6 Å². The van der Waals surface area contributed by atoms with Gasteiger partial charge in [0.05, 0.1) is 18.7 Å². The maximum atomic E-state index is 11.9. The van der Waals surface area contributed by atoms with E-state index in [1.54, 1.807) is 18.2 Å². The highest BCUT2D eigenvalue weighted by molar-refractivity contribution is 6.32. The van der Waals surface area contributed by atoms with Crippen molar-refractivity contribution in [2.24, 2.45) is 0 Å². The number of amides is 2. The van der Waals surface area contributed by atoms with Crippen LogP contribution in [0.2, 0.25) is 5.02 Å². The Hall–Kier alpha value is -2.40. The molecule has 0 radical (unpaired) electrons. The Balaban J connectivity index is 1.76. The third-order valence-electron chi connectivity index (χ3n) is 3.41. The molecule has 0 fully saturated rings. The van der Waals surface area contributed by atoms with E-state index >= 15 is 0 Å². The van der Waals surface area contributed by atoms with Gasteiger partial charge >= 0.3 is 6.03 Å². The standard InChI is InChI=1S/C18H21ClN2O3/c1-3-13-6-4-5-7-16(13)24-11-10-20-18(22)21-14-8-9-17(23-2)15(19)12-14/h4-9,12H,3,10-11H2,1-2H3,(H2,20,21,22). The van der Waals surface area contributed by atoms with Crippen molar-refractivity contribution in [3.8, 4) is 11.5 Å². The Labute approximate surface area is 146 Å². The van der Waals surface area contributed by atoms with Crippen molar-refractivity contribution >= 4 is 23.3 Å². The van der Waals surface area contributed by atoms with E-state index in [0.29, 0.717) is 29.6 Å². The lowest BCUT2D eigenvalue weighted by atomic mass is 10.1. The molecule has 0 spiro atoms. The summed E-state index contributed by atoms with van der Waals surface area (Å²) in [6.45, 7) is 2.87. The summed E-state index contributed by atoms with van der Waals surface area (Å²) in [7, 11) is 1.54. The predicted octanol–water partition coefficient (Wildman–Crippen LogP) is 4.11. The molecule has 2 aromatic carbocycles. The first-order valence-electron chi connectivity index (χ1n) is 7.73. The molecule has 2 amide bonds. The number of benzene rings is 2. The van der Waals surface area contributed by atoms with Crippen molar-refractivity contribution in [1.29, 1.82) is 0 Å². The maximum absolute atomic E-state index is 11.9. The zero-order valence-corrected chi connectivity index (χ0v) is 14.5. The number of halogens is 1. The minimum absolute atomic E-state index is 0.316. The van der Waals surface area contributed by atoms with Gasteiger partial charge in [-0.25, -0.2) is 4.79 Å². The van der Waals surface area contributed by atoms with Gasteiger partial charge < -0.3 is 20.1 Å². The molecule has 0 aliphatic carbocycles. The average molecular weight is 349 g/mol. The Morgan fingerprint density at radius 3 is 2.67 bits per heavy atom. The number of hydrogen-bond donors (Lipinski definition) is 2. The number of carbonyl (C=O) groups is 1. The van der Waals surface area contributed by atoms with Crippen molar-refractivity contribution in [3.63, 3.8) is 0 Å². The van der Waals surface area contributed by atoms with Crippen LogP contribution in [0.25, 0.3) is 0 Å². The van der Waals surface area contributed by atoms with Crippen LogP contribution in [0, 0.1) is 0 Å². The normalized spacial score (nSPS) is 10.1. The van der Waals surface area contributed by atoms with E-state index in [1.165, 1.54) is 7.11 Å². The molecule has 128 valence electrons. The first-order chi connectivity index (χ1) is 11.6. The number of anilines is 1. The molecular weight excluding hydrogens is 328 g/mol. The zero-order chi connectivity index (χ0) is 17.4. The van der Waals surface area contributed by atoms with Crippen LogP contribution in [-0.4, -0.2) is 26.3 Å². The molecule has 24 heavy (non-hydrogen) atoms. The Morgan fingerprint density at radius 2 is 1.96 bits per heavy atom. The van der Waals surface area contributed by atoms with Crippen LogP contribution in [0.4, 0.5) is 10.5 Å². The van der Waals surface area contributed by atoms with Crippen LogP contribution in [0.15, 0.2) is 42.5 Å². The molecule has 5 nitrogen and oxygen atoms in total. The van der Waals surface area contributed by atoms with Crippen LogP contribution >= 0.6 is 11.6 Å². The van der Waals surface area contributed by atoms with Gasteiger partial charge in [0.15, 0.2) is 0 Å². The highest BCUT2D eigenvalue weighted by atomic mass is 35.5. The maximum Gasteiger partial charge on any atom is 0.319 e. The number of methoxy groups -OCH3 is 1. The lowest BCUT2D eigenvalue weighted by Crippen LogP contribution is -2.32. The Morgan fingerprint density at radius 1 is 1.17 bits per heavy atom. The fourth-order valence-electron chi connectivity index (χ4n) is 2.18. The Kier molecular flexibility index (Phi) is 6.75. The van der Waals surface area contributed by atoms with E-state index in [4.69, 9.17) is 21.1 Å². The van der Waals surface area contributed by atoms with E-state index < -0.39 is 0 Å². The smallest absolute Gasteiger partial charge is 0.319 e. The molecule has 0 aliphatic heterocycles. The quantitative estimate of drug-likeness (QED) is 0.740. The summed E-state index contributed by atoms with van der Waals surface area (Å²) < 4.78 is 10.8. The van der Waals surface area contributed by atoms with Crippen molar-refractivity contribution < 1.29 is 14.3 Å². The van der Waals surface area contributed by atoms with Crippen molar-refractivity contribution in [1.82, 2.24) is 5.32 Å². The van der Waals surface area contributed by atoms with Gasteiger partial charge in [-0.1, -0.05) is 36.7 Å². The molecule has 0 atom stereocenters. The van der Waals surface area contributed by atoms with Crippen molar-refractivity contribution in [3.05, 3.63) is 53.1 Å². The number of para-hydroxylation sites is 1. The molecular formula is C18H21ClN2O3. The molecule has 0 aromatic heterocycles. The summed E-state index contributed by atoms with van der Waals surface area (Å²) in [4.78, 5) is 11.9. The van der Waals surface area contributed by atoms with E-state index in [1.807, 2.05) is 24.3 Å².